The molecule has 3 heterocycles. The van der Waals surface area contributed by atoms with E-state index in [4.69, 9.17) is 20.3 Å². The number of hydrogen-bond acceptors (Lipinski definition) is 7. The second-order valence-electron chi connectivity index (χ2n) is 6.69. The summed E-state index contributed by atoms with van der Waals surface area (Å²) in [5, 5.41) is 15.7. The average molecular weight is 398 g/mol. The SMILES string of the molecule is COc1cc(-c2cc(CN3CCOCC3)n3ncnc(N)c23)ccc1NC(=O)O. The molecule has 0 saturated carbocycles. The topological polar surface area (TPSA) is 127 Å². The number of aromatic nitrogens is 3. The Balaban J connectivity index is 1.78. The zero-order valence-corrected chi connectivity index (χ0v) is 16.0. The summed E-state index contributed by atoms with van der Waals surface area (Å²) in [4.78, 5) is 17.4. The molecule has 0 unspecified atom stereocenters. The van der Waals surface area contributed by atoms with Gasteiger partial charge in [0.2, 0.25) is 0 Å². The number of nitrogens with two attached hydrogens (primary N) is 1. The van der Waals surface area contributed by atoms with Gasteiger partial charge in [-0.05, 0) is 23.8 Å². The Morgan fingerprint density at radius 3 is 2.86 bits per heavy atom. The van der Waals surface area contributed by atoms with E-state index in [0.29, 0.717) is 42.5 Å². The largest absolute Gasteiger partial charge is 0.495 e. The predicted molar refractivity (Wildman–Crippen MR) is 107 cm³/mol. The molecule has 1 amide bonds. The van der Waals surface area contributed by atoms with Gasteiger partial charge in [-0.15, -0.1) is 0 Å². The van der Waals surface area contributed by atoms with E-state index < -0.39 is 6.09 Å². The van der Waals surface area contributed by atoms with Gasteiger partial charge in [0.1, 0.15) is 17.6 Å². The molecule has 152 valence electrons. The number of nitrogens with one attached hydrogen (secondary N) is 1. The number of rotatable bonds is 5. The lowest BCUT2D eigenvalue weighted by atomic mass is 10.1. The Morgan fingerprint density at radius 1 is 1.34 bits per heavy atom. The number of anilines is 2. The van der Waals surface area contributed by atoms with Crippen molar-refractivity contribution in [2.75, 3.05) is 44.5 Å². The van der Waals surface area contributed by atoms with Crippen LogP contribution < -0.4 is 15.8 Å². The van der Waals surface area contributed by atoms with E-state index in [9.17, 15) is 4.79 Å². The summed E-state index contributed by atoms with van der Waals surface area (Å²) in [6, 6.07) is 7.28. The zero-order valence-electron chi connectivity index (χ0n) is 16.0. The second kappa shape index (κ2) is 7.94. The van der Waals surface area contributed by atoms with Gasteiger partial charge in [0, 0.05) is 25.2 Å². The first-order chi connectivity index (χ1) is 14.1. The van der Waals surface area contributed by atoms with Crippen LogP contribution >= 0.6 is 0 Å². The number of methoxy groups -OCH3 is 1. The number of amides is 1. The highest BCUT2D eigenvalue weighted by molar-refractivity contribution is 5.91. The number of nitrogen functional groups attached to an aromatic ring is 1. The molecule has 0 bridgehead atoms. The van der Waals surface area contributed by atoms with Gasteiger partial charge in [0.15, 0.2) is 5.82 Å². The van der Waals surface area contributed by atoms with Crippen LogP contribution in [0.3, 0.4) is 0 Å². The lowest BCUT2D eigenvalue weighted by Crippen LogP contribution is -2.36. The summed E-state index contributed by atoms with van der Waals surface area (Å²) in [6.45, 7) is 3.83. The van der Waals surface area contributed by atoms with Gasteiger partial charge in [-0.3, -0.25) is 10.2 Å². The molecule has 4 rings (SSSR count). The maximum absolute atomic E-state index is 11.0. The number of nitrogens with zero attached hydrogens (tertiary/aromatic N) is 4. The minimum absolute atomic E-state index is 0.366. The van der Waals surface area contributed by atoms with E-state index in [-0.39, 0.29) is 0 Å². The molecular formula is C19H22N6O4. The van der Waals surface area contributed by atoms with Crippen molar-refractivity contribution in [3.63, 3.8) is 0 Å². The van der Waals surface area contributed by atoms with E-state index >= 15 is 0 Å². The smallest absolute Gasteiger partial charge is 0.409 e. The van der Waals surface area contributed by atoms with Gasteiger partial charge in [-0.1, -0.05) is 6.07 Å². The van der Waals surface area contributed by atoms with Crippen molar-refractivity contribution < 1.29 is 19.4 Å². The summed E-state index contributed by atoms with van der Waals surface area (Å²) >= 11 is 0. The van der Waals surface area contributed by atoms with Crippen molar-refractivity contribution >= 4 is 23.1 Å². The Morgan fingerprint density at radius 2 is 2.14 bits per heavy atom. The number of hydrogen-bond donors (Lipinski definition) is 3. The molecule has 0 aliphatic carbocycles. The molecule has 1 aromatic carbocycles. The molecular weight excluding hydrogens is 376 g/mol. The van der Waals surface area contributed by atoms with E-state index in [2.05, 4.69) is 20.3 Å². The third kappa shape index (κ3) is 3.80. The first-order valence-corrected chi connectivity index (χ1v) is 9.16. The summed E-state index contributed by atoms with van der Waals surface area (Å²) in [5.41, 5.74) is 9.91. The highest BCUT2D eigenvalue weighted by atomic mass is 16.5. The molecule has 2 aromatic heterocycles. The van der Waals surface area contributed by atoms with Crippen LogP contribution in [0.5, 0.6) is 5.75 Å². The van der Waals surface area contributed by atoms with Crippen LogP contribution in [0.4, 0.5) is 16.3 Å². The van der Waals surface area contributed by atoms with Gasteiger partial charge < -0.3 is 20.3 Å². The second-order valence-corrected chi connectivity index (χ2v) is 6.69. The fourth-order valence-corrected chi connectivity index (χ4v) is 3.53. The maximum Gasteiger partial charge on any atom is 0.409 e. The lowest BCUT2D eigenvalue weighted by molar-refractivity contribution is 0.0334. The first-order valence-electron chi connectivity index (χ1n) is 9.16. The molecule has 0 radical (unpaired) electrons. The third-order valence-electron chi connectivity index (χ3n) is 4.90. The van der Waals surface area contributed by atoms with E-state index in [0.717, 1.165) is 29.9 Å². The fourth-order valence-electron chi connectivity index (χ4n) is 3.53. The standard InChI is InChI=1S/C19H22N6O4/c1-28-16-8-12(2-3-15(16)23-19(26)27)14-9-13(10-24-4-6-29-7-5-24)25-17(14)18(20)21-11-22-25/h2-3,8-9,11,23H,4-7,10H2,1H3,(H,26,27)(H2,20,21,22). The van der Waals surface area contributed by atoms with Gasteiger partial charge in [-0.25, -0.2) is 14.3 Å². The van der Waals surface area contributed by atoms with Gasteiger partial charge in [0.05, 0.1) is 31.7 Å². The van der Waals surface area contributed by atoms with Gasteiger partial charge in [0.25, 0.3) is 0 Å². The number of fused-ring (bicyclic) bond motifs is 1. The normalized spacial score (nSPS) is 14.8. The van der Waals surface area contributed by atoms with Crippen molar-refractivity contribution in [2.24, 2.45) is 0 Å². The van der Waals surface area contributed by atoms with Crippen molar-refractivity contribution in [2.45, 2.75) is 6.54 Å². The highest BCUT2D eigenvalue weighted by Crippen LogP contribution is 2.35. The predicted octanol–water partition coefficient (Wildman–Crippen LogP) is 1.91. The van der Waals surface area contributed by atoms with Crippen LogP contribution in [0.25, 0.3) is 16.6 Å². The number of carboxylic acid groups (broad SMARTS) is 1. The van der Waals surface area contributed by atoms with Gasteiger partial charge in [-0.2, -0.15) is 5.10 Å². The summed E-state index contributed by atoms with van der Waals surface area (Å²) < 4.78 is 12.6. The fraction of sp³-hybridized carbons (Fsp3) is 0.316. The van der Waals surface area contributed by atoms with E-state index in [1.54, 1.807) is 12.1 Å². The Kier molecular flexibility index (Phi) is 5.19. The molecule has 3 aromatic rings. The molecule has 10 nitrogen and oxygen atoms in total. The van der Waals surface area contributed by atoms with Crippen LogP contribution in [0.1, 0.15) is 5.69 Å². The molecule has 0 atom stereocenters. The minimum atomic E-state index is -1.16. The average Bonchev–Trinajstić information content (AvgIpc) is 3.08. The Bertz CT molecular complexity index is 1040. The molecule has 1 saturated heterocycles. The van der Waals surface area contributed by atoms with Crippen LogP contribution in [0.2, 0.25) is 0 Å². The van der Waals surface area contributed by atoms with Crippen molar-refractivity contribution in [3.8, 4) is 16.9 Å². The van der Waals surface area contributed by atoms with Crippen LogP contribution in [0.15, 0.2) is 30.6 Å². The number of ether oxygens (including phenoxy) is 2. The maximum atomic E-state index is 11.0. The summed E-state index contributed by atoms with van der Waals surface area (Å²) in [5.74, 6) is 0.782. The highest BCUT2D eigenvalue weighted by Gasteiger charge is 2.19. The molecule has 0 spiro atoms. The summed E-state index contributed by atoms with van der Waals surface area (Å²) in [6.07, 6.45) is 0.283. The Hall–Kier alpha value is -3.37. The van der Waals surface area contributed by atoms with Crippen molar-refractivity contribution in [1.29, 1.82) is 0 Å². The van der Waals surface area contributed by atoms with Crippen LogP contribution in [-0.4, -0.2) is 64.1 Å². The molecule has 4 N–H and O–H groups in total. The van der Waals surface area contributed by atoms with Crippen LogP contribution in [0, 0.1) is 0 Å². The molecule has 1 aliphatic rings. The number of benzene rings is 1. The van der Waals surface area contributed by atoms with Crippen LogP contribution in [-0.2, 0) is 11.3 Å². The molecule has 29 heavy (non-hydrogen) atoms. The number of morpholine rings is 1. The lowest BCUT2D eigenvalue weighted by Gasteiger charge is -2.26. The van der Waals surface area contributed by atoms with E-state index in [1.807, 2.05) is 16.6 Å². The molecule has 10 heteroatoms. The molecule has 1 fully saturated rings. The quantitative estimate of drug-likeness (QED) is 0.595. The van der Waals surface area contributed by atoms with Gasteiger partial charge >= 0.3 is 6.09 Å². The zero-order chi connectivity index (χ0) is 20.4. The van der Waals surface area contributed by atoms with Crippen molar-refractivity contribution in [3.05, 3.63) is 36.3 Å². The Labute approximate surface area is 166 Å². The summed E-state index contributed by atoms with van der Waals surface area (Å²) in [7, 11) is 1.49. The number of carbonyl (C=O) groups is 1. The minimum Gasteiger partial charge on any atom is -0.495 e. The first kappa shape index (κ1) is 19.0. The van der Waals surface area contributed by atoms with Crippen molar-refractivity contribution in [1.82, 2.24) is 19.5 Å². The van der Waals surface area contributed by atoms with E-state index in [1.165, 1.54) is 13.4 Å². The third-order valence-corrected chi connectivity index (χ3v) is 4.90. The molecule has 1 aliphatic heterocycles. The monoisotopic (exact) mass is 398 g/mol.